The third-order valence-corrected chi connectivity index (χ3v) is 8.55. The number of nitrogens with zero attached hydrogens (tertiary/aromatic N) is 4. The zero-order valence-corrected chi connectivity index (χ0v) is 21.9. The number of ether oxygens (including phenoxy) is 1. The highest BCUT2D eigenvalue weighted by molar-refractivity contribution is 5.78. The summed E-state index contributed by atoms with van der Waals surface area (Å²) in [5, 5.41) is 19.2. The van der Waals surface area contributed by atoms with Gasteiger partial charge in [0, 0.05) is 42.0 Å². The average Bonchev–Trinajstić information content (AvgIpc) is 3.46. The highest BCUT2D eigenvalue weighted by atomic mass is 16.5. The lowest BCUT2D eigenvalue weighted by Crippen LogP contribution is -2.35. The predicted molar refractivity (Wildman–Crippen MR) is 144 cm³/mol. The van der Waals surface area contributed by atoms with Crippen molar-refractivity contribution in [3.05, 3.63) is 65.5 Å². The Morgan fingerprint density at radius 3 is 2.61 bits per heavy atom. The van der Waals surface area contributed by atoms with Gasteiger partial charge in [-0.05, 0) is 87.4 Å². The van der Waals surface area contributed by atoms with E-state index in [9.17, 15) is 15.2 Å². The largest absolute Gasteiger partial charge is 0.490 e. The molecule has 7 heteroatoms. The lowest BCUT2D eigenvalue weighted by atomic mass is 9.80. The molecule has 0 amide bonds. The molecule has 1 atom stereocenters. The summed E-state index contributed by atoms with van der Waals surface area (Å²) in [7, 11) is 0. The molecule has 7 nitrogen and oxygen atoms in total. The van der Waals surface area contributed by atoms with Gasteiger partial charge in [-0.1, -0.05) is 18.2 Å². The van der Waals surface area contributed by atoms with E-state index in [1.54, 1.807) is 12.1 Å². The second-order valence-electron chi connectivity index (χ2n) is 11.4. The standard InChI is InChI=1S/C31H32N4O3/c1-20(2)38-27-7-6-21(14-22(27)15-32)28-33-16-23(17-34-28)24-4-3-5-26-25(24)8-9-30(26)12-13-35(18-30)19-31(10-11-31)29(36)37/h3-7,14,16-17,20H,8-13,18-19H2,1-2H3,(H,36,37). The van der Waals surface area contributed by atoms with E-state index in [0.29, 0.717) is 23.7 Å². The number of hydrogen-bond acceptors (Lipinski definition) is 6. The second-order valence-corrected chi connectivity index (χ2v) is 11.4. The molecule has 1 aromatic heterocycles. The minimum atomic E-state index is -0.639. The van der Waals surface area contributed by atoms with Crippen LogP contribution in [0.4, 0.5) is 0 Å². The van der Waals surface area contributed by atoms with Crippen molar-refractivity contribution in [1.82, 2.24) is 14.9 Å². The first-order valence-corrected chi connectivity index (χ1v) is 13.4. The number of aromatic nitrogens is 2. The molecule has 2 aliphatic carbocycles. The minimum absolute atomic E-state index is 0.0119. The zero-order valence-electron chi connectivity index (χ0n) is 21.9. The SMILES string of the molecule is CC(C)Oc1ccc(-c2ncc(-c3cccc4c3CCC43CCN(CC4(C(=O)O)CC4)C3)cn2)cc1C#N. The number of likely N-dealkylation sites (tertiary alicyclic amines) is 1. The van der Waals surface area contributed by atoms with E-state index in [4.69, 9.17) is 4.74 Å². The van der Waals surface area contributed by atoms with E-state index >= 15 is 0 Å². The van der Waals surface area contributed by atoms with Gasteiger partial charge in [-0.25, -0.2) is 9.97 Å². The summed E-state index contributed by atoms with van der Waals surface area (Å²) in [6.07, 6.45) is 8.52. The smallest absolute Gasteiger partial charge is 0.310 e. The van der Waals surface area contributed by atoms with Gasteiger partial charge in [-0.3, -0.25) is 4.79 Å². The molecule has 1 N–H and O–H groups in total. The van der Waals surface area contributed by atoms with Crippen molar-refractivity contribution in [2.24, 2.45) is 5.41 Å². The van der Waals surface area contributed by atoms with Gasteiger partial charge in [-0.15, -0.1) is 0 Å². The van der Waals surface area contributed by atoms with Crippen molar-refractivity contribution in [2.75, 3.05) is 19.6 Å². The molecular weight excluding hydrogens is 476 g/mol. The van der Waals surface area contributed by atoms with Gasteiger partial charge in [0.1, 0.15) is 11.8 Å². The highest BCUT2D eigenvalue weighted by Crippen LogP contribution is 2.51. The number of aliphatic carboxylic acids is 1. The molecule has 2 aromatic carbocycles. The summed E-state index contributed by atoms with van der Waals surface area (Å²) in [5.41, 5.74) is 5.78. The minimum Gasteiger partial charge on any atom is -0.490 e. The highest BCUT2D eigenvalue weighted by Gasteiger charge is 2.53. The normalized spacial score (nSPS) is 21.4. The van der Waals surface area contributed by atoms with Crippen molar-refractivity contribution in [3.63, 3.8) is 0 Å². The summed E-state index contributed by atoms with van der Waals surface area (Å²) >= 11 is 0. The molecule has 3 aliphatic rings. The molecule has 1 spiro atoms. The lowest BCUT2D eigenvalue weighted by molar-refractivity contribution is -0.144. The van der Waals surface area contributed by atoms with Gasteiger partial charge in [0.2, 0.25) is 0 Å². The first-order valence-electron chi connectivity index (χ1n) is 13.4. The van der Waals surface area contributed by atoms with Crippen LogP contribution < -0.4 is 4.74 Å². The predicted octanol–water partition coefficient (Wildman–Crippen LogP) is 5.22. The fraction of sp³-hybridized carbons (Fsp3) is 0.419. The fourth-order valence-electron chi connectivity index (χ4n) is 6.39. The molecule has 0 radical (unpaired) electrons. The van der Waals surface area contributed by atoms with Crippen molar-refractivity contribution in [1.29, 1.82) is 5.26 Å². The zero-order chi connectivity index (χ0) is 26.5. The van der Waals surface area contributed by atoms with Crippen LogP contribution in [0.5, 0.6) is 5.75 Å². The third kappa shape index (κ3) is 4.23. The van der Waals surface area contributed by atoms with Crippen LogP contribution >= 0.6 is 0 Å². The number of hydrogen-bond donors (Lipinski definition) is 1. The first kappa shape index (κ1) is 24.6. The maximum atomic E-state index is 11.7. The Bertz CT molecular complexity index is 1440. The second kappa shape index (κ2) is 9.21. The maximum absolute atomic E-state index is 11.7. The average molecular weight is 509 g/mol. The Morgan fingerprint density at radius 2 is 1.92 bits per heavy atom. The first-order chi connectivity index (χ1) is 18.3. The number of fused-ring (bicyclic) bond motifs is 2. The van der Waals surface area contributed by atoms with Gasteiger partial charge in [0.25, 0.3) is 0 Å². The molecule has 3 aromatic rings. The Hall–Kier alpha value is -3.76. The number of carboxylic acid groups (broad SMARTS) is 1. The molecule has 1 aliphatic heterocycles. The summed E-state index contributed by atoms with van der Waals surface area (Å²) in [6, 6.07) is 14.2. The van der Waals surface area contributed by atoms with Gasteiger partial charge in [0.05, 0.1) is 17.1 Å². The van der Waals surface area contributed by atoms with Crippen LogP contribution in [-0.2, 0) is 16.6 Å². The molecule has 6 rings (SSSR count). The summed E-state index contributed by atoms with van der Waals surface area (Å²) in [5.74, 6) is 0.501. The van der Waals surface area contributed by atoms with Crippen molar-refractivity contribution >= 4 is 5.97 Å². The Balaban J connectivity index is 1.24. The van der Waals surface area contributed by atoms with Crippen molar-refractivity contribution in [2.45, 2.75) is 57.5 Å². The summed E-state index contributed by atoms with van der Waals surface area (Å²) in [4.78, 5) is 23.4. The topological polar surface area (TPSA) is 99.3 Å². The van der Waals surface area contributed by atoms with E-state index in [-0.39, 0.29) is 11.5 Å². The fourth-order valence-corrected chi connectivity index (χ4v) is 6.39. The van der Waals surface area contributed by atoms with Gasteiger partial charge in [0.15, 0.2) is 5.82 Å². The molecule has 1 saturated heterocycles. The molecule has 194 valence electrons. The van der Waals surface area contributed by atoms with Crippen LogP contribution in [0.25, 0.3) is 22.5 Å². The van der Waals surface area contributed by atoms with Gasteiger partial charge >= 0.3 is 5.97 Å². The van der Waals surface area contributed by atoms with Crippen molar-refractivity contribution in [3.8, 4) is 34.3 Å². The Morgan fingerprint density at radius 1 is 1.13 bits per heavy atom. The lowest BCUT2D eigenvalue weighted by Gasteiger charge is -2.27. The van der Waals surface area contributed by atoms with Crippen LogP contribution in [0.15, 0.2) is 48.8 Å². The van der Waals surface area contributed by atoms with E-state index in [0.717, 1.165) is 56.3 Å². The number of carbonyl (C=O) groups is 1. The monoisotopic (exact) mass is 508 g/mol. The molecule has 38 heavy (non-hydrogen) atoms. The van der Waals surface area contributed by atoms with Crippen LogP contribution in [0, 0.1) is 16.7 Å². The number of rotatable bonds is 7. The van der Waals surface area contributed by atoms with E-state index < -0.39 is 11.4 Å². The molecule has 2 heterocycles. The molecule has 1 unspecified atom stereocenters. The molecule has 0 bridgehead atoms. The molecular formula is C31H32N4O3. The van der Waals surface area contributed by atoms with E-state index in [2.05, 4.69) is 39.1 Å². The van der Waals surface area contributed by atoms with Gasteiger partial charge < -0.3 is 14.7 Å². The van der Waals surface area contributed by atoms with E-state index in [1.165, 1.54) is 16.7 Å². The number of nitriles is 1. The van der Waals surface area contributed by atoms with E-state index in [1.807, 2.05) is 32.3 Å². The maximum Gasteiger partial charge on any atom is 0.310 e. The summed E-state index contributed by atoms with van der Waals surface area (Å²) < 4.78 is 5.74. The Kier molecular flexibility index (Phi) is 5.96. The molecule has 2 fully saturated rings. The quantitative estimate of drug-likeness (QED) is 0.467. The Labute approximate surface area is 223 Å². The van der Waals surface area contributed by atoms with Crippen LogP contribution in [0.1, 0.15) is 56.2 Å². The van der Waals surface area contributed by atoms with Crippen LogP contribution in [-0.4, -0.2) is 51.7 Å². The van der Waals surface area contributed by atoms with Crippen LogP contribution in [0.2, 0.25) is 0 Å². The molecule has 1 saturated carbocycles. The van der Waals surface area contributed by atoms with Crippen molar-refractivity contribution < 1.29 is 14.6 Å². The van der Waals surface area contributed by atoms with Crippen LogP contribution in [0.3, 0.4) is 0 Å². The summed E-state index contributed by atoms with van der Waals surface area (Å²) in [6.45, 7) is 6.44. The van der Waals surface area contributed by atoms with Gasteiger partial charge in [-0.2, -0.15) is 5.26 Å². The number of carboxylic acids is 1. The third-order valence-electron chi connectivity index (χ3n) is 8.55. The number of benzene rings is 2.